The smallest absolute Gasteiger partial charge is 0.340 e. The number of halogens is 3. The van der Waals surface area contributed by atoms with E-state index >= 15 is 0 Å². The quantitative estimate of drug-likeness (QED) is 0.922. The molecular formula is C17H17F3N4O. The summed E-state index contributed by atoms with van der Waals surface area (Å²) in [7, 11) is 0. The van der Waals surface area contributed by atoms with Crippen molar-refractivity contribution in [3.05, 3.63) is 48.3 Å². The van der Waals surface area contributed by atoms with Crippen molar-refractivity contribution in [3.63, 3.8) is 0 Å². The van der Waals surface area contributed by atoms with E-state index in [4.69, 9.17) is 0 Å². The van der Waals surface area contributed by atoms with E-state index in [0.29, 0.717) is 18.2 Å². The number of carbonyl (C=O) groups excluding carboxylic acids is 1. The molecule has 1 fully saturated rings. The van der Waals surface area contributed by atoms with E-state index < -0.39 is 11.7 Å². The van der Waals surface area contributed by atoms with Crippen molar-refractivity contribution >= 4 is 17.5 Å². The number of piperidine rings is 1. The van der Waals surface area contributed by atoms with Gasteiger partial charge < -0.3 is 10.2 Å². The van der Waals surface area contributed by atoms with Gasteiger partial charge in [-0.2, -0.15) is 13.2 Å². The summed E-state index contributed by atoms with van der Waals surface area (Å²) in [6, 6.07) is 6.17. The lowest BCUT2D eigenvalue weighted by Gasteiger charge is -2.31. The maximum Gasteiger partial charge on any atom is 0.416 e. The molecule has 1 saturated heterocycles. The predicted octanol–water partition coefficient (Wildman–Crippen LogP) is 3.35. The predicted molar refractivity (Wildman–Crippen MR) is 87.0 cm³/mol. The van der Waals surface area contributed by atoms with Gasteiger partial charge in [0.2, 0.25) is 11.9 Å². The maximum atomic E-state index is 12.6. The number of hydrogen-bond acceptors (Lipinski definition) is 4. The highest BCUT2D eigenvalue weighted by atomic mass is 19.4. The molecule has 2 aromatic rings. The van der Waals surface area contributed by atoms with Crippen molar-refractivity contribution in [1.29, 1.82) is 0 Å². The van der Waals surface area contributed by atoms with Gasteiger partial charge in [-0.25, -0.2) is 9.97 Å². The average Bonchev–Trinajstić information content (AvgIpc) is 2.62. The van der Waals surface area contributed by atoms with Gasteiger partial charge in [-0.3, -0.25) is 4.79 Å². The molecular weight excluding hydrogens is 333 g/mol. The standard InChI is InChI=1S/C17H17F3N4O/c18-17(19,20)13-4-6-14(7-5-13)23-15(25)12-3-1-10-24(11-12)16-21-8-2-9-22-16/h2,4-9,12H,1,3,10-11H2,(H,23,25). The number of amides is 1. The van der Waals surface area contributed by atoms with E-state index in [1.54, 1.807) is 18.5 Å². The summed E-state index contributed by atoms with van der Waals surface area (Å²) >= 11 is 0. The van der Waals surface area contributed by atoms with Crippen LogP contribution in [0.2, 0.25) is 0 Å². The molecule has 0 radical (unpaired) electrons. The molecule has 1 atom stereocenters. The van der Waals surface area contributed by atoms with Gasteiger partial charge in [0.25, 0.3) is 0 Å². The van der Waals surface area contributed by atoms with E-state index in [0.717, 1.165) is 31.5 Å². The highest BCUT2D eigenvalue weighted by Gasteiger charge is 2.30. The summed E-state index contributed by atoms with van der Waals surface area (Å²) in [4.78, 5) is 22.7. The number of alkyl halides is 3. The second-order valence-electron chi connectivity index (χ2n) is 5.90. The molecule has 132 valence electrons. The van der Waals surface area contributed by atoms with Gasteiger partial charge in [0.05, 0.1) is 11.5 Å². The first kappa shape index (κ1) is 17.2. The molecule has 1 aromatic carbocycles. The number of anilines is 2. The Morgan fingerprint density at radius 2 is 1.84 bits per heavy atom. The molecule has 1 unspecified atom stereocenters. The van der Waals surface area contributed by atoms with Crippen molar-refractivity contribution in [3.8, 4) is 0 Å². The normalized spacial score (nSPS) is 18.0. The van der Waals surface area contributed by atoms with Crippen LogP contribution in [0.15, 0.2) is 42.7 Å². The summed E-state index contributed by atoms with van der Waals surface area (Å²) in [6.45, 7) is 1.25. The van der Waals surface area contributed by atoms with Crippen LogP contribution in [0.3, 0.4) is 0 Å². The van der Waals surface area contributed by atoms with Crippen molar-refractivity contribution < 1.29 is 18.0 Å². The Morgan fingerprint density at radius 3 is 2.48 bits per heavy atom. The van der Waals surface area contributed by atoms with Gasteiger partial charge in [0.1, 0.15) is 0 Å². The molecule has 2 heterocycles. The molecule has 5 nitrogen and oxygen atoms in total. The Hall–Kier alpha value is -2.64. The van der Waals surface area contributed by atoms with E-state index in [1.807, 2.05) is 4.90 Å². The number of nitrogens with zero attached hydrogens (tertiary/aromatic N) is 3. The van der Waals surface area contributed by atoms with Crippen LogP contribution in [0.1, 0.15) is 18.4 Å². The maximum absolute atomic E-state index is 12.6. The minimum absolute atomic E-state index is 0.208. The largest absolute Gasteiger partial charge is 0.416 e. The highest BCUT2D eigenvalue weighted by Crippen LogP contribution is 2.30. The number of carbonyl (C=O) groups is 1. The second-order valence-corrected chi connectivity index (χ2v) is 5.90. The van der Waals surface area contributed by atoms with Crippen molar-refractivity contribution in [2.45, 2.75) is 19.0 Å². The third-order valence-corrected chi connectivity index (χ3v) is 4.11. The molecule has 25 heavy (non-hydrogen) atoms. The lowest BCUT2D eigenvalue weighted by Crippen LogP contribution is -2.41. The minimum atomic E-state index is -4.39. The minimum Gasteiger partial charge on any atom is -0.340 e. The number of aromatic nitrogens is 2. The molecule has 1 aliphatic rings. The Labute approximate surface area is 142 Å². The number of nitrogens with one attached hydrogen (secondary N) is 1. The zero-order valence-electron chi connectivity index (χ0n) is 13.3. The summed E-state index contributed by atoms with van der Waals surface area (Å²) in [5, 5.41) is 2.69. The second kappa shape index (κ2) is 7.08. The van der Waals surface area contributed by atoms with Crippen molar-refractivity contribution in [1.82, 2.24) is 9.97 Å². The van der Waals surface area contributed by atoms with Crippen molar-refractivity contribution in [2.75, 3.05) is 23.3 Å². The fourth-order valence-corrected chi connectivity index (χ4v) is 2.81. The monoisotopic (exact) mass is 350 g/mol. The van der Waals surface area contributed by atoms with Crippen LogP contribution in [-0.2, 0) is 11.0 Å². The highest BCUT2D eigenvalue weighted by molar-refractivity contribution is 5.93. The van der Waals surface area contributed by atoms with Gasteiger partial charge in [-0.15, -0.1) is 0 Å². The lowest BCUT2D eigenvalue weighted by atomic mass is 9.97. The van der Waals surface area contributed by atoms with Gasteiger partial charge in [-0.1, -0.05) is 0 Å². The fraction of sp³-hybridized carbons (Fsp3) is 0.353. The topological polar surface area (TPSA) is 58.1 Å². The van der Waals surface area contributed by atoms with Crippen LogP contribution in [0, 0.1) is 5.92 Å². The van der Waals surface area contributed by atoms with Crippen LogP contribution in [0.25, 0.3) is 0 Å². The van der Waals surface area contributed by atoms with E-state index in [-0.39, 0.29) is 11.8 Å². The lowest BCUT2D eigenvalue weighted by molar-refractivity contribution is -0.137. The average molecular weight is 350 g/mol. The number of benzene rings is 1. The van der Waals surface area contributed by atoms with Crippen LogP contribution in [-0.4, -0.2) is 29.0 Å². The van der Waals surface area contributed by atoms with E-state index in [1.165, 1.54) is 12.1 Å². The fourth-order valence-electron chi connectivity index (χ4n) is 2.81. The summed E-state index contributed by atoms with van der Waals surface area (Å²) in [5.74, 6) is 0.106. The van der Waals surface area contributed by atoms with E-state index in [2.05, 4.69) is 15.3 Å². The third kappa shape index (κ3) is 4.26. The molecule has 1 aromatic heterocycles. The summed E-state index contributed by atoms with van der Waals surface area (Å²) < 4.78 is 37.7. The molecule has 0 spiro atoms. The van der Waals surface area contributed by atoms with Crippen LogP contribution in [0.4, 0.5) is 24.8 Å². The molecule has 1 amide bonds. The van der Waals surface area contributed by atoms with Gasteiger partial charge in [-0.05, 0) is 43.2 Å². The molecule has 0 bridgehead atoms. The Kier molecular flexibility index (Phi) is 4.87. The van der Waals surface area contributed by atoms with Crippen LogP contribution in [0.5, 0.6) is 0 Å². The first-order valence-corrected chi connectivity index (χ1v) is 7.93. The summed E-state index contributed by atoms with van der Waals surface area (Å²) in [6.07, 6.45) is 0.448. The Bertz CT molecular complexity index is 719. The molecule has 8 heteroatoms. The van der Waals surface area contributed by atoms with Crippen LogP contribution < -0.4 is 10.2 Å². The first-order valence-electron chi connectivity index (χ1n) is 7.93. The molecule has 1 N–H and O–H groups in total. The number of rotatable bonds is 3. The third-order valence-electron chi connectivity index (χ3n) is 4.11. The Morgan fingerprint density at radius 1 is 1.16 bits per heavy atom. The molecule has 3 rings (SSSR count). The van der Waals surface area contributed by atoms with Gasteiger partial charge in [0.15, 0.2) is 0 Å². The first-order chi connectivity index (χ1) is 11.9. The molecule has 0 aliphatic carbocycles. The van der Waals surface area contributed by atoms with Crippen molar-refractivity contribution in [2.24, 2.45) is 5.92 Å². The molecule has 1 aliphatic heterocycles. The van der Waals surface area contributed by atoms with Gasteiger partial charge >= 0.3 is 6.18 Å². The van der Waals surface area contributed by atoms with E-state index in [9.17, 15) is 18.0 Å². The zero-order valence-corrected chi connectivity index (χ0v) is 13.3. The SMILES string of the molecule is O=C(Nc1ccc(C(F)(F)F)cc1)C1CCCN(c2ncccn2)C1. The molecule has 0 saturated carbocycles. The Balaban J connectivity index is 1.63. The van der Waals surface area contributed by atoms with Gasteiger partial charge in [0, 0.05) is 31.2 Å². The summed E-state index contributed by atoms with van der Waals surface area (Å²) in [5.41, 5.74) is -0.387. The van der Waals surface area contributed by atoms with Crippen LogP contribution >= 0.6 is 0 Å². The zero-order chi connectivity index (χ0) is 17.9. The number of hydrogen-bond donors (Lipinski definition) is 1.